The summed E-state index contributed by atoms with van der Waals surface area (Å²) in [7, 11) is 0. The smallest absolute Gasteiger partial charge is 0.550 e. The van der Waals surface area contributed by atoms with Gasteiger partial charge in [0.05, 0.1) is 5.56 Å². The van der Waals surface area contributed by atoms with Crippen molar-refractivity contribution in [2.24, 2.45) is 0 Å². The van der Waals surface area contributed by atoms with Crippen LogP contribution in [0.1, 0.15) is 15.9 Å². The Hall–Kier alpha value is -2.02. The monoisotopic (exact) mass is 262 g/mol. The first-order valence-electron chi connectivity index (χ1n) is 5.72. The Morgan fingerprint density at radius 3 is 2.20 bits per heavy atom. The van der Waals surface area contributed by atoms with Crippen LogP contribution in [-0.4, -0.2) is 11.9 Å². The van der Waals surface area contributed by atoms with E-state index in [0.29, 0.717) is 11.1 Å². The van der Waals surface area contributed by atoms with E-state index in [1.165, 1.54) is 0 Å². The van der Waals surface area contributed by atoms with Gasteiger partial charge in [-0.15, -0.1) is 0 Å². The fraction of sp³-hybridized carbons (Fsp3) is 0.0667. The Morgan fingerprint density at radius 1 is 0.950 bits per heavy atom. The van der Waals surface area contributed by atoms with Gasteiger partial charge in [0.15, 0.2) is 0 Å². The quantitative estimate of drug-likeness (QED) is 0.370. The molecule has 0 bridgehead atoms. The van der Waals surface area contributed by atoms with Gasteiger partial charge in [0.25, 0.3) is 0 Å². The van der Waals surface area contributed by atoms with Crippen LogP contribution in [0.15, 0.2) is 54.6 Å². The maximum atomic E-state index is 11.9. The second-order valence-corrected chi connectivity index (χ2v) is 3.91. The second-order valence-electron chi connectivity index (χ2n) is 3.91. The summed E-state index contributed by atoms with van der Waals surface area (Å²) < 4.78 is 5.20. The molecule has 0 aromatic heterocycles. The molecule has 4 nitrogen and oxygen atoms in total. The Labute approximate surface area is 128 Å². The van der Waals surface area contributed by atoms with Crippen molar-refractivity contribution in [1.29, 1.82) is 0 Å². The maximum absolute atomic E-state index is 11.9. The van der Waals surface area contributed by atoms with Crippen LogP contribution in [0.4, 0.5) is 0 Å². The zero-order valence-corrected chi connectivity index (χ0v) is 11.0. The Balaban J connectivity index is 0.00000200. The van der Waals surface area contributed by atoms with E-state index in [1.54, 1.807) is 54.6 Å². The van der Waals surface area contributed by atoms with Crippen molar-refractivity contribution in [2.45, 2.75) is 6.42 Å². The summed E-state index contributed by atoms with van der Waals surface area (Å²) in [5, 5.41) is 10.6. The Kier molecular flexibility index (Phi) is 6.04. The molecule has 2 rings (SSSR count). The average Bonchev–Trinajstić information content (AvgIpc) is 2.41. The van der Waals surface area contributed by atoms with E-state index in [9.17, 15) is 14.7 Å². The molecule has 0 saturated carbocycles. The molecule has 0 aliphatic rings. The molecule has 0 fully saturated rings. The predicted octanol–water partition coefficient (Wildman–Crippen LogP) is -1.80. The molecule has 5 heteroatoms. The number of ether oxygens (including phenoxy) is 1. The number of hydrogen-bond acceptors (Lipinski definition) is 4. The number of carboxylic acid groups (broad SMARTS) is 1. The molecule has 96 valence electrons. The molecule has 0 unspecified atom stereocenters. The molecule has 0 atom stereocenters. The van der Waals surface area contributed by atoms with Gasteiger partial charge in [-0.1, -0.05) is 36.4 Å². The van der Waals surface area contributed by atoms with Gasteiger partial charge in [-0.05, 0) is 18.2 Å². The van der Waals surface area contributed by atoms with E-state index in [4.69, 9.17) is 4.74 Å². The first-order chi connectivity index (χ1) is 9.16. The Bertz CT molecular complexity index is 596. The summed E-state index contributed by atoms with van der Waals surface area (Å²) in [4.78, 5) is 22.5. The SMILES string of the molecule is O=C([O-])Cc1ccccc1OC(=O)c1ccccc1.[Li+]. The molecule has 0 saturated heterocycles. The predicted molar refractivity (Wildman–Crippen MR) is 66.6 cm³/mol. The third kappa shape index (κ3) is 4.27. The van der Waals surface area contributed by atoms with Gasteiger partial charge in [0, 0.05) is 18.0 Å². The first kappa shape index (κ1) is 16.0. The molecule has 20 heavy (non-hydrogen) atoms. The molecule has 0 amide bonds. The van der Waals surface area contributed by atoms with E-state index < -0.39 is 11.9 Å². The normalized spacial score (nSPS) is 9.40. The minimum absolute atomic E-state index is 0. The van der Waals surface area contributed by atoms with Crippen molar-refractivity contribution in [2.75, 3.05) is 0 Å². The minimum Gasteiger partial charge on any atom is -0.550 e. The first-order valence-corrected chi connectivity index (χ1v) is 5.72. The summed E-state index contributed by atoms with van der Waals surface area (Å²) in [6.07, 6.45) is -0.293. The van der Waals surface area contributed by atoms with Crippen LogP contribution in [0, 0.1) is 0 Å². The third-order valence-electron chi connectivity index (χ3n) is 2.52. The van der Waals surface area contributed by atoms with Crippen LogP contribution in [0.2, 0.25) is 0 Å². The summed E-state index contributed by atoms with van der Waals surface area (Å²) in [6.45, 7) is 0. The van der Waals surface area contributed by atoms with Gasteiger partial charge < -0.3 is 14.6 Å². The summed E-state index contributed by atoms with van der Waals surface area (Å²) in [5.74, 6) is -1.50. The molecule has 0 radical (unpaired) electrons. The number of carboxylic acids is 1. The zero-order valence-electron chi connectivity index (χ0n) is 11.0. The van der Waals surface area contributed by atoms with Crippen molar-refractivity contribution >= 4 is 11.9 Å². The van der Waals surface area contributed by atoms with E-state index in [-0.39, 0.29) is 31.0 Å². The summed E-state index contributed by atoms with van der Waals surface area (Å²) in [6, 6.07) is 15.0. The van der Waals surface area contributed by atoms with E-state index in [2.05, 4.69) is 0 Å². The second kappa shape index (κ2) is 7.54. The van der Waals surface area contributed by atoms with Crippen LogP contribution in [0.25, 0.3) is 0 Å². The molecule has 0 N–H and O–H groups in total. The summed E-state index contributed by atoms with van der Waals surface area (Å²) >= 11 is 0. The molecular weight excluding hydrogens is 251 g/mol. The number of para-hydroxylation sites is 1. The van der Waals surface area contributed by atoms with E-state index >= 15 is 0 Å². The van der Waals surface area contributed by atoms with Crippen LogP contribution < -0.4 is 28.7 Å². The number of esters is 1. The number of carbonyl (C=O) groups is 2. The maximum Gasteiger partial charge on any atom is 1.00 e. The molecule has 0 aliphatic carbocycles. The standard InChI is InChI=1S/C15H12O4.Li/c16-14(17)10-12-8-4-5-9-13(12)19-15(18)11-6-2-1-3-7-11;/h1-9H,10H2,(H,16,17);/q;+1/p-1. The van der Waals surface area contributed by atoms with E-state index in [0.717, 1.165) is 0 Å². The molecule has 0 spiro atoms. The molecule has 2 aromatic carbocycles. The molecule has 0 heterocycles. The molecule has 2 aromatic rings. The third-order valence-corrected chi connectivity index (χ3v) is 2.52. The van der Waals surface area contributed by atoms with Gasteiger partial charge >= 0.3 is 24.8 Å². The number of carbonyl (C=O) groups excluding carboxylic acids is 2. The number of hydrogen-bond donors (Lipinski definition) is 0. The Morgan fingerprint density at radius 2 is 1.55 bits per heavy atom. The molecule has 0 aliphatic heterocycles. The van der Waals surface area contributed by atoms with Crippen molar-refractivity contribution in [3.05, 3.63) is 65.7 Å². The van der Waals surface area contributed by atoms with Crippen LogP contribution in [-0.2, 0) is 11.2 Å². The minimum atomic E-state index is -1.22. The fourth-order valence-electron chi connectivity index (χ4n) is 1.64. The van der Waals surface area contributed by atoms with Gasteiger partial charge in [-0.3, -0.25) is 0 Å². The van der Waals surface area contributed by atoms with Crippen molar-refractivity contribution in [3.63, 3.8) is 0 Å². The number of rotatable bonds is 4. The van der Waals surface area contributed by atoms with Gasteiger partial charge in [-0.25, -0.2) is 4.79 Å². The number of aliphatic carboxylic acids is 1. The number of benzene rings is 2. The van der Waals surface area contributed by atoms with Crippen molar-refractivity contribution in [3.8, 4) is 5.75 Å². The topological polar surface area (TPSA) is 66.4 Å². The zero-order chi connectivity index (χ0) is 13.7. The van der Waals surface area contributed by atoms with Crippen molar-refractivity contribution < 1.29 is 38.3 Å². The largest absolute Gasteiger partial charge is 1.00 e. The average molecular weight is 262 g/mol. The molecular formula is C15H11LiO4. The van der Waals surface area contributed by atoms with Crippen LogP contribution >= 0.6 is 0 Å². The van der Waals surface area contributed by atoms with Crippen LogP contribution in [0.3, 0.4) is 0 Å². The van der Waals surface area contributed by atoms with E-state index in [1.807, 2.05) is 0 Å². The van der Waals surface area contributed by atoms with Gasteiger partial charge in [0.1, 0.15) is 5.75 Å². The van der Waals surface area contributed by atoms with Crippen LogP contribution in [0.5, 0.6) is 5.75 Å². The summed E-state index contributed by atoms with van der Waals surface area (Å²) in [5.41, 5.74) is 0.817. The fourth-order valence-corrected chi connectivity index (χ4v) is 1.64. The van der Waals surface area contributed by atoms with Crippen molar-refractivity contribution in [1.82, 2.24) is 0 Å². The van der Waals surface area contributed by atoms with Gasteiger partial charge in [-0.2, -0.15) is 0 Å². The van der Waals surface area contributed by atoms with Gasteiger partial charge in [0.2, 0.25) is 0 Å².